The standard InChI is InChI=1S/C25H30N2O4/c1-16(2)31-20-12-10-18(11-13-20)22-21(23(28)19-8-6-17(3)7-9-19)24(29)25(30)27(22)15-14-26(4)5/h6-13,16,22,28H,14-15H2,1-5H3/t22-/m1/s1. The highest BCUT2D eigenvalue weighted by Gasteiger charge is 2.45. The number of likely N-dealkylation sites (N-methyl/N-ethyl adjacent to an activating group) is 1. The van der Waals surface area contributed by atoms with Crippen LogP contribution in [0.1, 0.15) is 36.6 Å². The molecule has 0 spiro atoms. The van der Waals surface area contributed by atoms with Crippen molar-refractivity contribution in [2.24, 2.45) is 0 Å². The maximum absolute atomic E-state index is 13.0. The Morgan fingerprint density at radius 2 is 1.68 bits per heavy atom. The first-order valence-corrected chi connectivity index (χ1v) is 10.5. The summed E-state index contributed by atoms with van der Waals surface area (Å²) in [5.41, 5.74) is 2.43. The van der Waals surface area contributed by atoms with Crippen molar-refractivity contribution < 1.29 is 19.4 Å². The largest absolute Gasteiger partial charge is 0.507 e. The van der Waals surface area contributed by atoms with Crippen LogP contribution in [0.25, 0.3) is 5.76 Å². The van der Waals surface area contributed by atoms with Gasteiger partial charge in [-0.05, 0) is 52.6 Å². The summed E-state index contributed by atoms with van der Waals surface area (Å²) in [6.07, 6.45) is 0.0399. The lowest BCUT2D eigenvalue weighted by Gasteiger charge is -2.26. The molecular formula is C25H30N2O4. The average molecular weight is 423 g/mol. The highest BCUT2D eigenvalue weighted by atomic mass is 16.5. The summed E-state index contributed by atoms with van der Waals surface area (Å²) in [7, 11) is 3.83. The van der Waals surface area contributed by atoms with Gasteiger partial charge in [-0.2, -0.15) is 0 Å². The van der Waals surface area contributed by atoms with Crippen molar-refractivity contribution in [3.63, 3.8) is 0 Å². The number of amides is 1. The summed E-state index contributed by atoms with van der Waals surface area (Å²) in [6.45, 7) is 6.82. The van der Waals surface area contributed by atoms with E-state index in [0.29, 0.717) is 24.4 Å². The normalized spacial score (nSPS) is 18.3. The third-order valence-corrected chi connectivity index (χ3v) is 5.22. The smallest absolute Gasteiger partial charge is 0.295 e. The molecule has 1 saturated heterocycles. The number of Topliss-reactive ketones (excluding diaryl/α,β-unsaturated/α-hetero) is 1. The number of ether oxygens (including phenoxy) is 1. The number of carbonyl (C=O) groups excluding carboxylic acids is 2. The Morgan fingerprint density at radius 3 is 2.23 bits per heavy atom. The highest BCUT2D eigenvalue weighted by molar-refractivity contribution is 6.46. The minimum absolute atomic E-state index is 0.0399. The fourth-order valence-electron chi connectivity index (χ4n) is 3.63. The molecule has 6 heteroatoms. The molecule has 1 aliphatic rings. The summed E-state index contributed by atoms with van der Waals surface area (Å²) in [6, 6.07) is 13.9. The van der Waals surface area contributed by atoms with E-state index < -0.39 is 17.7 Å². The molecule has 0 saturated carbocycles. The van der Waals surface area contributed by atoms with E-state index in [2.05, 4.69) is 0 Å². The van der Waals surface area contributed by atoms with Gasteiger partial charge in [-0.1, -0.05) is 42.0 Å². The minimum Gasteiger partial charge on any atom is -0.507 e. The van der Waals surface area contributed by atoms with Crippen LogP contribution in [-0.2, 0) is 9.59 Å². The predicted octanol–water partition coefficient (Wildman–Crippen LogP) is 3.77. The van der Waals surface area contributed by atoms with Crippen LogP contribution in [0.2, 0.25) is 0 Å². The molecule has 31 heavy (non-hydrogen) atoms. The summed E-state index contributed by atoms with van der Waals surface area (Å²) in [5, 5.41) is 11.0. The van der Waals surface area contributed by atoms with Gasteiger partial charge >= 0.3 is 0 Å². The second-order valence-electron chi connectivity index (χ2n) is 8.40. The highest BCUT2D eigenvalue weighted by Crippen LogP contribution is 2.39. The second kappa shape index (κ2) is 9.35. The van der Waals surface area contributed by atoms with Gasteiger partial charge in [0.15, 0.2) is 0 Å². The molecule has 2 aromatic rings. The lowest BCUT2D eigenvalue weighted by atomic mass is 9.95. The third-order valence-electron chi connectivity index (χ3n) is 5.22. The van der Waals surface area contributed by atoms with Gasteiger partial charge in [0.25, 0.3) is 11.7 Å². The van der Waals surface area contributed by atoms with E-state index in [0.717, 1.165) is 11.1 Å². The Kier molecular flexibility index (Phi) is 6.81. The number of ketones is 1. The number of nitrogens with zero attached hydrogens (tertiary/aromatic N) is 2. The summed E-state index contributed by atoms with van der Waals surface area (Å²) in [4.78, 5) is 29.4. The molecule has 1 fully saturated rings. The van der Waals surface area contributed by atoms with Crippen LogP contribution in [-0.4, -0.2) is 59.9 Å². The van der Waals surface area contributed by atoms with Crippen molar-refractivity contribution in [2.45, 2.75) is 32.9 Å². The Bertz CT molecular complexity index is 976. The number of hydrogen-bond donors (Lipinski definition) is 1. The van der Waals surface area contributed by atoms with E-state index in [1.165, 1.54) is 0 Å². The van der Waals surface area contributed by atoms with E-state index >= 15 is 0 Å². The number of aryl methyl sites for hydroxylation is 1. The van der Waals surface area contributed by atoms with E-state index in [-0.39, 0.29) is 17.4 Å². The monoisotopic (exact) mass is 422 g/mol. The zero-order valence-corrected chi connectivity index (χ0v) is 18.8. The molecule has 0 aliphatic carbocycles. The number of rotatable bonds is 7. The Morgan fingerprint density at radius 1 is 1.06 bits per heavy atom. The van der Waals surface area contributed by atoms with E-state index in [4.69, 9.17) is 4.74 Å². The van der Waals surface area contributed by atoms with Crippen molar-refractivity contribution in [1.82, 2.24) is 9.80 Å². The number of benzene rings is 2. The topological polar surface area (TPSA) is 70.1 Å². The van der Waals surface area contributed by atoms with Gasteiger partial charge in [0, 0.05) is 18.7 Å². The third kappa shape index (κ3) is 4.97. The van der Waals surface area contributed by atoms with Gasteiger partial charge in [0.2, 0.25) is 0 Å². The fraction of sp³-hybridized carbons (Fsp3) is 0.360. The summed E-state index contributed by atoms with van der Waals surface area (Å²) < 4.78 is 5.72. The first-order chi connectivity index (χ1) is 14.7. The van der Waals surface area contributed by atoms with Crippen LogP contribution in [0.15, 0.2) is 54.1 Å². The van der Waals surface area contributed by atoms with Crippen LogP contribution < -0.4 is 4.74 Å². The maximum atomic E-state index is 13.0. The quantitative estimate of drug-likeness (QED) is 0.418. The molecule has 1 atom stereocenters. The molecule has 0 aromatic heterocycles. The molecule has 1 amide bonds. The van der Waals surface area contributed by atoms with Crippen molar-refractivity contribution in [3.05, 3.63) is 70.8 Å². The first kappa shape index (κ1) is 22.6. The molecule has 3 rings (SSSR count). The van der Waals surface area contributed by atoms with Crippen LogP contribution in [0.3, 0.4) is 0 Å². The molecule has 2 aromatic carbocycles. The first-order valence-electron chi connectivity index (χ1n) is 10.5. The fourth-order valence-corrected chi connectivity index (χ4v) is 3.63. The van der Waals surface area contributed by atoms with Crippen LogP contribution in [0, 0.1) is 6.92 Å². The van der Waals surface area contributed by atoms with Crippen molar-refractivity contribution >= 4 is 17.4 Å². The number of aliphatic hydroxyl groups excluding tert-OH is 1. The average Bonchev–Trinajstić information content (AvgIpc) is 2.97. The van der Waals surface area contributed by atoms with Crippen molar-refractivity contribution in [1.29, 1.82) is 0 Å². The van der Waals surface area contributed by atoms with Gasteiger partial charge in [-0.3, -0.25) is 9.59 Å². The zero-order chi connectivity index (χ0) is 22.7. The maximum Gasteiger partial charge on any atom is 0.295 e. The molecular weight excluding hydrogens is 392 g/mol. The molecule has 164 valence electrons. The van der Waals surface area contributed by atoms with Crippen LogP contribution in [0.5, 0.6) is 5.75 Å². The van der Waals surface area contributed by atoms with E-state index in [9.17, 15) is 14.7 Å². The molecule has 6 nitrogen and oxygen atoms in total. The molecule has 1 N–H and O–H groups in total. The number of carbonyl (C=O) groups is 2. The molecule has 0 radical (unpaired) electrons. The van der Waals surface area contributed by atoms with Gasteiger partial charge in [-0.15, -0.1) is 0 Å². The lowest BCUT2D eigenvalue weighted by Crippen LogP contribution is -2.35. The molecule has 0 bridgehead atoms. The SMILES string of the molecule is Cc1ccc(C(O)=C2C(=O)C(=O)N(CCN(C)C)[C@@H]2c2ccc(OC(C)C)cc2)cc1. The molecule has 1 heterocycles. The van der Waals surface area contributed by atoms with Gasteiger partial charge < -0.3 is 19.6 Å². The summed E-state index contributed by atoms with van der Waals surface area (Å²) >= 11 is 0. The van der Waals surface area contributed by atoms with E-state index in [1.54, 1.807) is 17.0 Å². The Balaban J connectivity index is 2.08. The minimum atomic E-state index is -0.663. The lowest BCUT2D eigenvalue weighted by molar-refractivity contribution is -0.140. The van der Waals surface area contributed by atoms with Gasteiger partial charge in [-0.25, -0.2) is 0 Å². The van der Waals surface area contributed by atoms with Gasteiger partial charge in [0.05, 0.1) is 17.7 Å². The van der Waals surface area contributed by atoms with Crippen molar-refractivity contribution in [2.75, 3.05) is 27.2 Å². The van der Waals surface area contributed by atoms with Crippen LogP contribution >= 0.6 is 0 Å². The predicted molar refractivity (Wildman–Crippen MR) is 121 cm³/mol. The second-order valence-corrected chi connectivity index (χ2v) is 8.40. The van der Waals surface area contributed by atoms with E-state index in [1.807, 2.05) is 76.2 Å². The number of hydrogen-bond acceptors (Lipinski definition) is 5. The van der Waals surface area contributed by atoms with Crippen molar-refractivity contribution in [3.8, 4) is 5.75 Å². The Hall–Kier alpha value is -3.12. The zero-order valence-electron chi connectivity index (χ0n) is 18.8. The van der Waals surface area contributed by atoms with Gasteiger partial charge in [0.1, 0.15) is 11.5 Å². The number of aliphatic hydroxyl groups is 1. The Labute approximate surface area is 183 Å². The molecule has 1 aliphatic heterocycles. The number of likely N-dealkylation sites (tertiary alicyclic amines) is 1. The molecule has 0 unspecified atom stereocenters. The van der Waals surface area contributed by atoms with Crippen LogP contribution in [0.4, 0.5) is 0 Å². The summed E-state index contributed by atoms with van der Waals surface area (Å²) in [5.74, 6) is -0.701.